The third kappa shape index (κ3) is 5.05. The van der Waals surface area contributed by atoms with Crippen LogP contribution in [0.15, 0.2) is 12.1 Å². The van der Waals surface area contributed by atoms with E-state index in [1.54, 1.807) is 20.2 Å². The highest BCUT2D eigenvalue weighted by Gasteiger charge is 2.08. The molecule has 0 bridgehead atoms. The number of hydrogen-bond acceptors (Lipinski definition) is 3. The summed E-state index contributed by atoms with van der Waals surface area (Å²) >= 11 is 5.86. The Morgan fingerprint density at radius 1 is 1.25 bits per heavy atom. The lowest BCUT2D eigenvalue weighted by Gasteiger charge is -2.12. The van der Waals surface area contributed by atoms with Crippen LogP contribution >= 0.6 is 11.6 Å². The molecule has 0 radical (unpaired) electrons. The smallest absolute Gasteiger partial charge is 0.316 e. The van der Waals surface area contributed by atoms with Crippen LogP contribution in [0.4, 0.5) is 4.79 Å². The molecule has 1 rings (SSSR count). The Bertz CT molecular complexity index is 491. The van der Waals surface area contributed by atoms with Gasteiger partial charge in [0.1, 0.15) is 5.15 Å². The second-order valence-corrected chi connectivity index (χ2v) is 4.79. The molecule has 20 heavy (non-hydrogen) atoms. The zero-order valence-corrected chi connectivity index (χ0v) is 12.6. The maximum atomic E-state index is 11.9. The molecule has 0 saturated carbocycles. The van der Waals surface area contributed by atoms with Crippen molar-refractivity contribution < 1.29 is 9.59 Å². The number of pyridine rings is 1. The van der Waals surface area contributed by atoms with Crippen molar-refractivity contribution in [3.63, 3.8) is 0 Å². The first kappa shape index (κ1) is 16.2. The standard InChI is InChI=1S/C13H19ClN4O2/c1-4-10-7-9(8-11(14)17-10)12(19)15-5-6-16-13(20)18(2)3/h7-8H,4-6H2,1-3H3,(H,15,19)(H,16,20). The molecule has 0 aliphatic carbocycles. The summed E-state index contributed by atoms with van der Waals surface area (Å²) in [5.74, 6) is -0.233. The molecule has 1 aromatic heterocycles. The molecule has 7 heteroatoms. The number of amides is 3. The van der Waals surface area contributed by atoms with Crippen molar-refractivity contribution in [3.8, 4) is 0 Å². The van der Waals surface area contributed by atoms with E-state index in [0.29, 0.717) is 30.2 Å². The summed E-state index contributed by atoms with van der Waals surface area (Å²) in [6, 6.07) is 3.04. The van der Waals surface area contributed by atoms with Crippen LogP contribution in [-0.4, -0.2) is 49.0 Å². The minimum Gasteiger partial charge on any atom is -0.350 e. The molecule has 0 aliphatic rings. The summed E-state index contributed by atoms with van der Waals surface area (Å²) in [4.78, 5) is 28.7. The van der Waals surface area contributed by atoms with E-state index in [-0.39, 0.29) is 11.9 Å². The van der Waals surface area contributed by atoms with Crippen LogP contribution in [-0.2, 0) is 6.42 Å². The van der Waals surface area contributed by atoms with Crippen molar-refractivity contribution in [1.82, 2.24) is 20.5 Å². The Kier molecular flexibility index (Phi) is 6.24. The van der Waals surface area contributed by atoms with Crippen LogP contribution in [0, 0.1) is 0 Å². The quantitative estimate of drug-likeness (QED) is 0.635. The van der Waals surface area contributed by atoms with Crippen molar-refractivity contribution in [2.24, 2.45) is 0 Å². The summed E-state index contributed by atoms with van der Waals surface area (Å²) in [6.45, 7) is 2.65. The molecule has 0 fully saturated rings. The SMILES string of the molecule is CCc1cc(C(=O)NCCNC(=O)N(C)C)cc(Cl)n1. The van der Waals surface area contributed by atoms with Gasteiger partial charge in [0, 0.05) is 38.4 Å². The van der Waals surface area contributed by atoms with Crippen LogP contribution in [0.5, 0.6) is 0 Å². The molecule has 6 nitrogen and oxygen atoms in total. The van der Waals surface area contributed by atoms with Gasteiger partial charge < -0.3 is 15.5 Å². The highest BCUT2D eigenvalue weighted by molar-refractivity contribution is 6.29. The summed E-state index contributed by atoms with van der Waals surface area (Å²) in [5.41, 5.74) is 1.24. The van der Waals surface area contributed by atoms with Crippen molar-refractivity contribution in [1.29, 1.82) is 0 Å². The Balaban J connectivity index is 2.47. The van der Waals surface area contributed by atoms with E-state index < -0.39 is 0 Å². The molecule has 2 N–H and O–H groups in total. The predicted molar refractivity (Wildman–Crippen MR) is 78.0 cm³/mol. The number of halogens is 1. The minimum atomic E-state index is -0.233. The number of carbonyl (C=O) groups is 2. The number of aryl methyl sites for hydroxylation is 1. The molecular weight excluding hydrogens is 280 g/mol. The molecule has 110 valence electrons. The maximum Gasteiger partial charge on any atom is 0.316 e. The van der Waals surface area contributed by atoms with Crippen molar-refractivity contribution in [3.05, 3.63) is 28.5 Å². The van der Waals surface area contributed by atoms with Crippen LogP contribution in [0.2, 0.25) is 5.15 Å². The van der Waals surface area contributed by atoms with Gasteiger partial charge in [0.15, 0.2) is 0 Å². The van der Waals surface area contributed by atoms with E-state index >= 15 is 0 Å². The number of nitrogens with zero attached hydrogens (tertiary/aromatic N) is 2. The highest BCUT2D eigenvalue weighted by atomic mass is 35.5. The lowest BCUT2D eigenvalue weighted by atomic mass is 10.2. The first-order valence-corrected chi connectivity index (χ1v) is 6.71. The van der Waals surface area contributed by atoms with Gasteiger partial charge in [0.05, 0.1) is 0 Å². The van der Waals surface area contributed by atoms with Crippen LogP contribution in [0.25, 0.3) is 0 Å². The van der Waals surface area contributed by atoms with E-state index in [9.17, 15) is 9.59 Å². The summed E-state index contributed by atoms with van der Waals surface area (Å²) in [6.07, 6.45) is 0.708. The molecule has 0 spiro atoms. The Hall–Kier alpha value is -1.82. The van der Waals surface area contributed by atoms with Gasteiger partial charge in [0.25, 0.3) is 5.91 Å². The number of carbonyl (C=O) groups excluding carboxylic acids is 2. The lowest BCUT2D eigenvalue weighted by Crippen LogP contribution is -2.39. The molecule has 0 saturated heterocycles. The largest absolute Gasteiger partial charge is 0.350 e. The van der Waals surface area contributed by atoms with Gasteiger partial charge in [-0.25, -0.2) is 9.78 Å². The number of nitrogens with one attached hydrogen (secondary N) is 2. The number of rotatable bonds is 5. The fourth-order valence-corrected chi connectivity index (χ4v) is 1.70. The second kappa shape index (κ2) is 7.69. The molecule has 0 aliphatic heterocycles. The fraction of sp³-hybridized carbons (Fsp3) is 0.462. The van der Waals surface area contributed by atoms with Crippen molar-refractivity contribution >= 4 is 23.5 Å². The zero-order valence-electron chi connectivity index (χ0n) is 11.9. The van der Waals surface area contributed by atoms with Gasteiger partial charge in [-0.2, -0.15) is 0 Å². The normalized spacial score (nSPS) is 10.0. The van der Waals surface area contributed by atoms with Crippen molar-refractivity contribution in [2.45, 2.75) is 13.3 Å². The van der Waals surface area contributed by atoms with Crippen LogP contribution < -0.4 is 10.6 Å². The van der Waals surface area contributed by atoms with E-state index in [4.69, 9.17) is 11.6 Å². The Morgan fingerprint density at radius 2 is 1.90 bits per heavy atom. The average Bonchev–Trinajstić information content (AvgIpc) is 2.42. The van der Waals surface area contributed by atoms with Crippen molar-refractivity contribution in [2.75, 3.05) is 27.2 Å². The molecular formula is C13H19ClN4O2. The molecule has 0 aromatic carbocycles. The molecule has 1 heterocycles. The van der Waals surface area contributed by atoms with E-state index in [1.165, 1.54) is 11.0 Å². The first-order valence-electron chi connectivity index (χ1n) is 6.33. The van der Waals surface area contributed by atoms with Crippen LogP contribution in [0.3, 0.4) is 0 Å². The molecule has 1 aromatic rings. The maximum absolute atomic E-state index is 11.9. The second-order valence-electron chi connectivity index (χ2n) is 4.41. The summed E-state index contributed by atoms with van der Waals surface area (Å²) < 4.78 is 0. The number of aromatic nitrogens is 1. The third-order valence-corrected chi connectivity index (χ3v) is 2.76. The van der Waals surface area contributed by atoms with Gasteiger partial charge in [0.2, 0.25) is 0 Å². The van der Waals surface area contributed by atoms with Crippen LogP contribution in [0.1, 0.15) is 23.0 Å². The van der Waals surface area contributed by atoms with E-state index in [0.717, 1.165) is 5.69 Å². The third-order valence-electron chi connectivity index (χ3n) is 2.56. The monoisotopic (exact) mass is 298 g/mol. The zero-order chi connectivity index (χ0) is 15.1. The fourth-order valence-electron chi connectivity index (χ4n) is 1.47. The highest BCUT2D eigenvalue weighted by Crippen LogP contribution is 2.11. The van der Waals surface area contributed by atoms with Gasteiger partial charge in [-0.1, -0.05) is 18.5 Å². The van der Waals surface area contributed by atoms with Gasteiger partial charge in [-0.3, -0.25) is 4.79 Å². The topological polar surface area (TPSA) is 74.3 Å². The predicted octanol–water partition coefficient (Wildman–Crippen LogP) is 1.30. The minimum absolute atomic E-state index is 0.195. The Morgan fingerprint density at radius 3 is 2.50 bits per heavy atom. The first-order chi connectivity index (χ1) is 9.43. The number of urea groups is 1. The average molecular weight is 299 g/mol. The lowest BCUT2D eigenvalue weighted by molar-refractivity contribution is 0.0953. The van der Waals surface area contributed by atoms with E-state index in [1.807, 2.05) is 6.92 Å². The molecule has 0 atom stereocenters. The number of hydrogen-bond donors (Lipinski definition) is 2. The Labute approximate surface area is 123 Å². The summed E-state index contributed by atoms with van der Waals surface area (Å²) in [5, 5.41) is 5.67. The molecule has 0 unspecified atom stereocenters. The van der Waals surface area contributed by atoms with Gasteiger partial charge in [-0.15, -0.1) is 0 Å². The van der Waals surface area contributed by atoms with E-state index in [2.05, 4.69) is 15.6 Å². The molecule has 3 amide bonds. The summed E-state index contributed by atoms with van der Waals surface area (Å²) in [7, 11) is 3.30. The van der Waals surface area contributed by atoms with Gasteiger partial charge in [-0.05, 0) is 18.6 Å². The van der Waals surface area contributed by atoms with Gasteiger partial charge >= 0.3 is 6.03 Å².